The van der Waals surface area contributed by atoms with Gasteiger partial charge in [-0.2, -0.15) is 0 Å². The molecular weight excluding hydrogens is 456 g/mol. The summed E-state index contributed by atoms with van der Waals surface area (Å²) in [6.07, 6.45) is 0.625. The van der Waals surface area contributed by atoms with Crippen LogP contribution in [0.3, 0.4) is 0 Å². The van der Waals surface area contributed by atoms with E-state index in [0.29, 0.717) is 29.2 Å². The summed E-state index contributed by atoms with van der Waals surface area (Å²) in [6.45, 7) is 4.12. The lowest BCUT2D eigenvalue weighted by atomic mass is 10.1. The molecule has 1 aromatic carbocycles. The molecule has 3 aromatic rings. The Morgan fingerprint density at radius 2 is 1.82 bits per heavy atom. The molecule has 1 atom stereocenters. The number of rotatable bonds is 8. The monoisotopic (exact) mass is 478 g/mol. The summed E-state index contributed by atoms with van der Waals surface area (Å²) >= 11 is 6.41. The van der Waals surface area contributed by atoms with E-state index in [1.807, 2.05) is 19.9 Å². The molecule has 176 valence electrons. The van der Waals surface area contributed by atoms with Crippen LogP contribution in [0.15, 0.2) is 53.7 Å². The first-order valence-electron chi connectivity index (χ1n) is 9.99. The maximum Gasteiger partial charge on any atom is 0.358 e. The third-order valence-electron chi connectivity index (χ3n) is 4.66. The van der Waals surface area contributed by atoms with Crippen LogP contribution in [-0.2, 0) is 0 Å². The van der Waals surface area contributed by atoms with Crippen molar-refractivity contribution in [2.24, 2.45) is 0 Å². The summed E-state index contributed by atoms with van der Waals surface area (Å²) < 4.78 is 21.1. The van der Waals surface area contributed by atoms with Crippen molar-refractivity contribution in [2.75, 3.05) is 25.8 Å². The Kier molecular flexibility index (Phi) is 7.56. The minimum Gasteiger partial charge on any atom is -0.493 e. The molecule has 0 amide bonds. The molecule has 2 bridgehead atoms. The van der Waals surface area contributed by atoms with E-state index in [1.54, 1.807) is 19.2 Å². The van der Waals surface area contributed by atoms with Crippen LogP contribution in [0.2, 0.25) is 5.02 Å². The van der Waals surface area contributed by atoms with Crippen LogP contribution in [0.25, 0.3) is 5.71 Å². The van der Waals surface area contributed by atoms with Crippen molar-refractivity contribution in [3.05, 3.63) is 72.1 Å². The van der Waals surface area contributed by atoms with E-state index in [1.165, 1.54) is 12.1 Å². The van der Waals surface area contributed by atoms with Crippen LogP contribution in [0.5, 0.6) is 11.5 Å². The Bertz CT molecular complexity index is 1350. The van der Waals surface area contributed by atoms with E-state index < -0.39 is 16.8 Å². The molecular formula is C21H23ClN4O7. The van der Waals surface area contributed by atoms with Crippen LogP contribution >= 0.6 is 11.6 Å². The molecule has 12 heteroatoms. The molecule has 33 heavy (non-hydrogen) atoms. The van der Waals surface area contributed by atoms with Gasteiger partial charge in [-0.05, 0) is 35.7 Å². The van der Waals surface area contributed by atoms with E-state index in [0.717, 1.165) is 17.7 Å². The molecule has 0 aliphatic rings. The third-order valence-corrected chi connectivity index (χ3v) is 5.00. The normalized spacial score (nSPS) is 11.8. The van der Waals surface area contributed by atoms with Crippen LogP contribution in [0, 0.1) is 0 Å². The largest absolute Gasteiger partial charge is 0.493 e. The molecule has 11 nitrogen and oxygen atoms in total. The van der Waals surface area contributed by atoms with Gasteiger partial charge in [0.05, 0.1) is 14.2 Å². The van der Waals surface area contributed by atoms with Gasteiger partial charge in [0.2, 0.25) is 0 Å². The van der Waals surface area contributed by atoms with Gasteiger partial charge in [0.1, 0.15) is 10.7 Å². The zero-order chi connectivity index (χ0) is 24.1. The van der Waals surface area contributed by atoms with E-state index in [4.69, 9.17) is 30.0 Å². The van der Waals surface area contributed by atoms with Crippen molar-refractivity contribution >= 4 is 23.0 Å². The first kappa shape index (κ1) is 24.1. The molecule has 0 aliphatic carbocycles. The standard InChI is InChI=1S/C21H23ClN4O7/c1-5-10-25(23-12(2)13-6-7-14(30-3)15(11-13)31-4)19-18(22)20-24-26(21(19)29)33-17(28)9-8-16(27)32-20/h6-9,11-12,23H,5,10H2,1-4H3. The number of hydrogen-bond acceptors (Lipinski definition) is 10. The predicted molar refractivity (Wildman–Crippen MR) is 121 cm³/mol. The SMILES string of the molecule is CCCN(NC(C)c1ccc(OC)c(OC)c1)c1c(Cl)c2nn(oc(=O)ccc(=O)o2)c1=O. The lowest BCUT2D eigenvalue weighted by Gasteiger charge is -2.29. The second kappa shape index (κ2) is 10.4. The van der Waals surface area contributed by atoms with Gasteiger partial charge in [-0.1, -0.05) is 29.7 Å². The summed E-state index contributed by atoms with van der Waals surface area (Å²) in [7, 11) is 3.08. The molecule has 0 fully saturated rings. The van der Waals surface area contributed by atoms with Crippen LogP contribution in [0.4, 0.5) is 5.69 Å². The Morgan fingerprint density at radius 3 is 2.48 bits per heavy atom. The molecule has 0 aliphatic heterocycles. The minimum atomic E-state index is -0.976. The number of nitrogens with zero attached hydrogens (tertiary/aromatic N) is 3. The molecule has 0 saturated carbocycles. The van der Waals surface area contributed by atoms with Gasteiger partial charge in [-0.3, -0.25) is 4.79 Å². The quantitative estimate of drug-likeness (QED) is 0.481. The number of hydrogen-bond donors (Lipinski definition) is 1. The maximum atomic E-state index is 13.1. The minimum absolute atomic E-state index is 0.0988. The molecule has 2 heterocycles. The zero-order valence-corrected chi connectivity index (χ0v) is 19.2. The average molecular weight is 479 g/mol. The summed E-state index contributed by atoms with van der Waals surface area (Å²) in [6, 6.07) is 6.76. The summed E-state index contributed by atoms with van der Waals surface area (Å²) in [5.74, 6) is 1.12. The van der Waals surface area contributed by atoms with E-state index in [2.05, 4.69) is 10.5 Å². The second-order valence-corrected chi connectivity index (χ2v) is 7.31. The summed E-state index contributed by atoms with van der Waals surface area (Å²) in [5.41, 5.74) is 0.882. The van der Waals surface area contributed by atoms with Crippen molar-refractivity contribution < 1.29 is 18.4 Å². The summed E-state index contributed by atoms with van der Waals surface area (Å²) in [5, 5.41) is 5.02. The van der Waals surface area contributed by atoms with Crippen LogP contribution < -0.4 is 36.7 Å². The topological polar surface area (TPSA) is 129 Å². The zero-order valence-electron chi connectivity index (χ0n) is 18.5. The fourth-order valence-corrected chi connectivity index (χ4v) is 3.35. The fourth-order valence-electron chi connectivity index (χ4n) is 3.09. The number of halogens is 1. The van der Waals surface area contributed by atoms with Crippen molar-refractivity contribution in [3.63, 3.8) is 0 Å². The molecule has 3 rings (SSSR count). The Labute approximate surface area is 192 Å². The number of hydrazine groups is 1. The average Bonchev–Trinajstić information content (AvgIpc) is 2.86. The van der Waals surface area contributed by atoms with Gasteiger partial charge in [-0.15, -0.1) is 0 Å². The van der Waals surface area contributed by atoms with Crippen molar-refractivity contribution in [3.8, 4) is 11.5 Å². The lowest BCUT2D eigenvalue weighted by Crippen LogP contribution is -2.44. The second-order valence-electron chi connectivity index (χ2n) is 6.93. The van der Waals surface area contributed by atoms with Crippen LogP contribution in [-0.4, -0.2) is 30.6 Å². The Morgan fingerprint density at radius 1 is 1.12 bits per heavy atom. The van der Waals surface area contributed by atoms with Gasteiger partial charge < -0.3 is 23.4 Å². The Balaban J connectivity index is 2.14. The number of fused-ring (bicyclic) bond motifs is 2. The highest BCUT2D eigenvalue weighted by molar-refractivity contribution is 6.35. The predicted octanol–water partition coefficient (Wildman–Crippen LogP) is 2.32. The number of methoxy groups -OCH3 is 2. The number of aromatic nitrogens is 2. The number of nitrogens with one attached hydrogen (secondary N) is 1. The molecule has 0 saturated heterocycles. The number of benzene rings is 1. The van der Waals surface area contributed by atoms with E-state index in [9.17, 15) is 14.4 Å². The molecule has 0 radical (unpaired) electrons. The fraction of sp³-hybridized carbons (Fsp3) is 0.333. The molecule has 1 unspecified atom stereocenters. The smallest absolute Gasteiger partial charge is 0.358 e. The molecule has 1 N–H and O–H groups in total. The third kappa shape index (κ3) is 5.26. The summed E-state index contributed by atoms with van der Waals surface area (Å²) in [4.78, 5) is 36.8. The molecule has 0 spiro atoms. The number of anilines is 1. The van der Waals surface area contributed by atoms with Gasteiger partial charge in [0.25, 0.3) is 5.71 Å². The van der Waals surface area contributed by atoms with E-state index >= 15 is 0 Å². The highest BCUT2D eigenvalue weighted by Gasteiger charge is 2.23. The lowest BCUT2D eigenvalue weighted by molar-refractivity contribution is 0.276. The maximum absolute atomic E-state index is 13.1. The van der Waals surface area contributed by atoms with Gasteiger partial charge in [0, 0.05) is 24.7 Å². The van der Waals surface area contributed by atoms with Gasteiger partial charge in [0.15, 0.2) is 11.5 Å². The molecule has 2 aromatic heterocycles. The van der Waals surface area contributed by atoms with Crippen molar-refractivity contribution in [1.29, 1.82) is 0 Å². The van der Waals surface area contributed by atoms with Crippen molar-refractivity contribution in [2.45, 2.75) is 26.3 Å². The first-order chi connectivity index (χ1) is 15.8. The Hall–Kier alpha value is -3.57. The number of ether oxygens (including phenoxy) is 2. The van der Waals surface area contributed by atoms with Gasteiger partial charge in [-0.25, -0.2) is 15.0 Å². The first-order valence-corrected chi connectivity index (χ1v) is 10.4. The highest BCUT2D eigenvalue weighted by atomic mass is 35.5. The highest BCUT2D eigenvalue weighted by Crippen LogP contribution is 2.31. The van der Waals surface area contributed by atoms with Crippen LogP contribution in [0.1, 0.15) is 31.9 Å². The van der Waals surface area contributed by atoms with Gasteiger partial charge >= 0.3 is 16.8 Å². The van der Waals surface area contributed by atoms with E-state index in [-0.39, 0.29) is 22.5 Å². The van der Waals surface area contributed by atoms with Crippen molar-refractivity contribution in [1.82, 2.24) is 15.2 Å².